The third kappa shape index (κ3) is 4.49. The Morgan fingerprint density at radius 1 is 1.28 bits per heavy atom. The lowest BCUT2D eigenvalue weighted by Gasteiger charge is -2.20. The van der Waals surface area contributed by atoms with Gasteiger partial charge in [-0.05, 0) is 25.1 Å². The minimum Gasteiger partial charge on any atom is -0.376 e. The number of hydrogen-bond acceptors (Lipinski definition) is 3. The van der Waals surface area contributed by atoms with Crippen LogP contribution in [0.5, 0.6) is 0 Å². The highest BCUT2D eigenvalue weighted by Gasteiger charge is 2.31. The number of alkyl halides is 4. The molecule has 2 atom stereocenters. The SMILES string of the molecule is C=C(Nc1c[nH]c2c1CC(F)C(F)=C2)C(=C)N[C@@H](C)c1ccc(C(F)(F)F)cn1. The molecular formula is C20H19F5N4. The van der Waals surface area contributed by atoms with E-state index in [4.69, 9.17) is 0 Å². The molecule has 2 heterocycles. The van der Waals surface area contributed by atoms with Crippen molar-refractivity contribution in [3.05, 3.63) is 77.4 Å². The van der Waals surface area contributed by atoms with E-state index in [1.165, 1.54) is 6.07 Å². The Kier molecular flexibility index (Phi) is 5.50. The van der Waals surface area contributed by atoms with Crippen molar-refractivity contribution in [2.24, 2.45) is 0 Å². The normalized spacial score (nSPS) is 17.2. The Bertz CT molecular complexity index is 956. The molecule has 1 aliphatic carbocycles. The number of fused-ring (bicyclic) bond motifs is 1. The van der Waals surface area contributed by atoms with Gasteiger partial charge in [0.15, 0.2) is 6.17 Å². The molecule has 29 heavy (non-hydrogen) atoms. The predicted molar refractivity (Wildman–Crippen MR) is 101 cm³/mol. The molecule has 0 aliphatic heterocycles. The van der Waals surface area contributed by atoms with Gasteiger partial charge in [0.1, 0.15) is 5.83 Å². The van der Waals surface area contributed by atoms with E-state index in [9.17, 15) is 22.0 Å². The zero-order valence-corrected chi connectivity index (χ0v) is 15.5. The lowest BCUT2D eigenvalue weighted by atomic mass is 10.0. The Morgan fingerprint density at radius 2 is 2.00 bits per heavy atom. The van der Waals surface area contributed by atoms with Crippen molar-refractivity contribution in [3.8, 4) is 0 Å². The molecule has 0 fully saturated rings. The van der Waals surface area contributed by atoms with Gasteiger partial charge in [0.2, 0.25) is 0 Å². The molecule has 154 valence electrons. The number of aromatic amines is 1. The van der Waals surface area contributed by atoms with E-state index in [-0.39, 0.29) is 6.42 Å². The molecule has 2 aromatic heterocycles. The van der Waals surface area contributed by atoms with Crippen LogP contribution < -0.4 is 10.6 Å². The molecule has 0 saturated heterocycles. The fourth-order valence-electron chi connectivity index (χ4n) is 2.92. The average molecular weight is 410 g/mol. The summed E-state index contributed by atoms with van der Waals surface area (Å²) in [6.45, 7) is 9.44. The number of pyridine rings is 1. The standard InChI is InChI=1S/C20H19F5N4/c1-10(28-12(3)17-5-4-13(8-26-17)20(23,24)25)11(2)29-19-9-27-18-7-16(22)15(21)6-14(18)19/h4-5,7-9,12,15,27-29H,1-2,6H2,3H3/t12-,15?/m0/s1. The smallest absolute Gasteiger partial charge is 0.376 e. The number of nitrogens with one attached hydrogen (secondary N) is 3. The number of anilines is 1. The molecule has 0 bridgehead atoms. The maximum absolute atomic E-state index is 13.7. The molecule has 0 radical (unpaired) electrons. The van der Waals surface area contributed by atoms with Gasteiger partial charge < -0.3 is 15.6 Å². The van der Waals surface area contributed by atoms with Crippen LogP contribution in [-0.4, -0.2) is 16.1 Å². The van der Waals surface area contributed by atoms with Crippen LogP contribution in [0.25, 0.3) is 6.08 Å². The van der Waals surface area contributed by atoms with E-state index in [1.54, 1.807) is 13.1 Å². The van der Waals surface area contributed by atoms with Crippen LogP contribution >= 0.6 is 0 Å². The molecule has 1 aliphatic rings. The minimum absolute atomic E-state index is 0.109. The fraction of sp³-hybridized carbons (Fsp3) is 0.250. The van der Waals surface area contributed by atoms with Crippen LogP contribution in [0.3, 0.4) is 0 Å². The van der Waals surface area contributed by atoms with E-state index < -0.39 is 29.8 Å². The second kappa shape index (κ2) is 7.73. The van der Waals surface area contributed by atoms with Crippen molar-refractivity contribution >= 4 is 11.8 Å². The monoisotopic (exact) mass is 410 g/mol. The summed E-state index contributed by atoms with van der Waals surface area (Å²) in [7, 11) is 0. The largest absolute Gasteiger partial charge is 0.417 e. The maximum atomic E-state index is 13.7. The second-order valence-electron chi connectivity index (χ2n) is 6.71. The molecule has 0 spiro atoms. The van der Waals surface area contributed by atoms with Gasteiger partial charge in [0, 0.05) is 30.1 Å². The van der Waals surface area contributed by atoms with Gasteiger partial charge in [-0.15, -0.1) is 0 Å². The predicted octanol–water partition coefficient (Wildman–Crippen LogP) is 5.42. The summed E-state index contributed by atoms with van der Waals surface area (Å²) in [5, 5.41) is 6.00. The van der Waals surface area contributed by atoms with Crippen LogP contribution in [0, 0.1) is 0 Å². The Labute approximate surface area is 164 Å². The number of H-pyrrole nitrogens is 1. The van der Waals surface area contributed by atoms with E-state index in [2.05, 4.69) is 33.8 Å². The van der Waals surface area contributed by atoms with Crippen LogP contribution in [0.1, 0.15) is 35.5 Å². The molecule has 3 N–H and O–H groups in total. The molecule has 4 nitrogen and oxygen atoms in total. The Hall–Kier alpha value is -3.10. The number of hydrogen-bond donors (Lipinski definition) is 3. The van der Waals surface area contributed by atoms with E-state index in [1.807, 2.05) is 0 Å². The van der Waals surface area contributed by atoms with Crippen LogP contribution in [0.4, 0.5) is 27.6 Å². The quantitative estimate of drug-likeness (QED) is 0.440. The van der Waals surface area contributed by atoms with Gasteiger partial charge in [0.05, 0.1) is 34.4 Å². The summed E-state index contributed by atoms with van der Waals surface area (Å²) in [6, 6.07) is 1.81. The topological polar surface area (TPSA) is 52.7 Å². The van der Waals surface area contributed by atoms with Crippen molar-refractivity contribution in [2.75, 3.05) is 5.32 Å². The molecule has 2 aromatic rings. The zero-order chi connectivity index (χ0) is 21.3. The van der Waals surface area contributed by atoms with Gasteiger partial charge in [-0.1, -0.05) is 13.2 Å². The van der Waals surface area contributed by atoms with Crippen molar-refractivity contribution in [2.45, 2.75) is 31.7 Å². The highest BCUT2D eigenvalue weighted by molar-refractivity contribution is 5.68. The summed E-state index contributed by atoms with van der Waals surface area (Å²) in [5.74, 6) is -0.825. The summed E-state index contributed by atoms with van der Waals surface area (Å²) in [4.78, 5) is 6.71. The summed E-state index contributed by atoms with van der Waals surface area (Å²) < 4.78 is 65.0. The van der Waals surface area contributed by atoms with Gasteiger partial charge in [-0.2, -0.15) is 13.2 Å². The zero-order valence-electron chi connectivity index (χ0n) is 15.5. The van der Waals surface area contributed by atoms with Crippen LogP contribution in [-0.2, 0) is 12.6 Å². The summed E-state index contributed by atoms with van der Waals surface area (Å²) >= 11 is 0. The van der Waals surface area contributed by atoms with E-state index in [0.29, 0.717) is 34.0 Å². The van der Waals surface area contributed by atoms with Crippen molar-refractivity contribution in [1.29, 1.82) is 0 Å². The number of aromatic nitrogens is 2. The molecule has 3 rings (SSSR count). The number of halogens is 5. The molecular weight excluding hydrogens is 391 g/mol. The molecule has 9 heteroatoms. The molecule has 0 aromatic carbocycles. The van der Waals surface area contributed by atoms with Gasteiger partial charge >= 0.3 is 6.18 Å². The number of allylic oxidation sites excluding steroid dienone is 1. The first-order valence-corrected chi connectivity index (χ1v) is 8.72. The first kappa shape index (κ1) is 20.6. The van der Waals surface area contributed by atoms with Crippen molar-refractivity contribution in [3.63, 3.8) is 0 Å². The van der Waals surface area contributed by atoms with Gasteiger partial charge in [0.25, 0.3) is 0 Å². The second-order valence-corrected chi connectivity index (χ2v) is 6.71. The highest BCUT2D eigenvalue weighted by Crippen LogP contribution is 2.33. The van der Waals surface area contributed by atoms with Crippen LogP contribution in [0.15, 0.2) is 54.9 Å². The first-order chi connectivity index (χ1) is 13.6. The Balaban J connectivity index is 1.64. The third-order valence-electron chi connectivity index (χ3n) is 4.58. The third-order valence-corrected chi connectivity index (χ3v) is 4.58. The van der Waals surface area contributed by atoms with E-state index >= 15 is 0 Å². The van der Waals surface area contributed by atoms with Crippen LogP contribution in [0.2, 0.25) is 0 Å². The maximum Gasteiger partial charge on any atom is 0.417 e. The van der Waals surface area contributed by atoms with Crippen molar-refractivity contribution < 1.29 is 22.0 Å². The lowest BCUT2D eigenvalue weighted by Crippen LogP contribution is -2.22. The lowest BCUT2D eigenvalue weighted by molar-refractivity contribution is -0.137. The number of nitrogens with zero attached hydrogens (tertiary/aromatic N) is 1. The first-order valence-electron chi connectivity index (χ1n) is 8.72. The summed E-state index contributed by atoms with van der Waals surface area (Å²) in [5.41, 5.74) is 1.93. The molecule has 1 unspecified atom stereocenters. The minimum atomic E-state index is -4.45. The fourth-order valence-corrected chi connectivity index (χ4v) is 2.92. The highest BCUT2D eigenvalue weighted by atomic mass is 19.4. The van der Waals surface area contributed by atoms with Crippen molar-refractivity contribution in [1.82, 2.24) is 15.3 Å². The Morgan fingerprint density at radius 3 is 2.62 bits per heavy atom. The molecule has 0 saturated carbocycles. The van der Waals surface area contributed by atoms with E-state index in [0.717, 1.165) is 18.3 Å². The summed E-state index contributed by atoms with van der Waals surface area (Å²) in [6.07, 6.45) is -2.79. The number of rotatable bonds is 6. The van der Waals surface area contributed by atoms with Gasteiger partial charge in [-0.25, -0.2) is 8.78 Å². The molecule has 0 amide bonds. The average Bonchev–Trinajstić information content (AvgIpc) is 3.03. The van der Waals surface area contributed by atoms with Gasteiger partial charge in [-0.3, -0.25) is 4.98 Å².